The third kappa shape index (κ3) is 1.17. The summed E-state index contributed by atoms with van der Waals surface area (Å²) >= 11 is 0. The van der Waals surface area contributed by atoms with E-state index in [2.05, 4.69) is 15.5 Å². The molecule has 0 atom stereocenters. The zero-order chi connectivity index (χ0) is 8.39. The molecular formula is C7H8N4O. The maximum atomic E-state index is 8.35. The molecule has 62 valence electrons. The number of rotatable bonds is 2. The number of nitriles is 1. The molecule has 0 amide bonds. The Balaban J connectivity index is 2.08. The van der Waals surface area contributed by atoms with Crippen LogP contribution in [0.15, 0.2) is 4.52 Å². The van der Waals surface area contributed by atoms with E-state index in [1.807, 2.05) is 6.07 Å². The Kier molecular flexibility index (Phi) is 1.76. The molecule has 1 saturated heterocycles. The van der Waals surface area contributed by atoms with Gasteiger partial charge in [0.05, 0.1) is 6.07 Å². The molecule has 0 unspecified atom stereocenters. The maximum Gasteiger partial charge on any atom is 0.240 e. The fourth-order valence-electron chi connectivity index (χ4n) is 1.04. The van der Waals surface area contributed by atoms with Crippen molar-refractivity contribution in [1.82, 2.24) is 15.5 Å². The van der Waals surface area contributed by atoms with Crippen molar-refractivity contribution in [2.75, 3.05) is 13.1 Å². The Bertz CT molecular complexity index is 309. The summed E-state index contributed by atoms with van der Waals surface area (Å²) in [7, 11) is 0. The van der Waals surface area contributed by atoms with Gasteiger partial charge in [0, 0.05) is 19.0 Å². The molecule has 1 fully saturated rings. The van der Waals surface area contributed by atoms with Gasteiger partial charge in [-0.1, -0.05) is 5.16 Å². The van der Waals surface area contributed by atoms with E-state index in [-0.39, 0.29) is 6.42 Å². The summed E-state index contributed by atoms with van der Waals surface area (Å²) in [4.78, 5) is 4.08. The minimum absolute atomic E-state index is 0.202. The van der Waals surface area contributed by atoms with Gasteiger partial charge < -0.3 is 9.84 Å². The largest absolute Gasteiger partial charge is 0.338 e. The lowest BCUT2D eigenvalue weighted by atomic mass is 10.0. The summed E-state index contributed by atoms with van der Waals surface area (Å²) in [6, 6.07) is 1.96. The summed E-state index contributed by atoms with van der Waals surface area (Å²) in [6.45, 7) is 1.82. The van der Waals surface area contributed by atoms with Gasteiger partial charge >= 0.3 is 0 Å². The van der Waals surface area contributed by atoms with E-state index in [4.69, 9.17) is 9.78 Å². The van der Waals surface area contributed by atoms with Crippen LogP contribution in [-0.4, -0.2) is 23.2 Å². The van der Waals surface area contributed by atoms with Crippen LogP contribution in [0.4, 0.5) is 0 Å². The van der Waals surface area contributed by atoms with Gasteiger partial charge in [-0.05, 0) is 0 Å². The predicted molar refractivity (Wildman–Crippen MR) is 39.2 cm³/mol. The van der Waals surface area contributed by atoms with E-state index in [0.717, 1.165) is 18.9 Å². The lowest BCUT2D eigenvalue weighted by Gasteiger charge is -2.23. The highest BCUT2D eigenvalue weighted by Crippen LogP contribution is 2.15. The first-order valence-electron chi connectivity index (χ1n) is 3.80. The SMILES string of the molecule is N#CCc1nc(C2CNC2)no1. The van der Waals surface area contributed by atoms with Gasteiger partial charge in [-0.3, -0.25) is 0 Å². The van der Waals surface area contributed by atoms with Crippen molar-refractivity contribution >= 4 is 0 Å². The molecule has 5 heteroatoms. The van der Waals surface area contributed by atoms with Crippen LogP contribution in [0, 0.1) is 11.3 Å². The molecule has 0 aliphatic carbocycles. The highest BCUT2D eigenvalue weighted by atomic mass is 16.5. The van der Waals surface area contributed by atoms with Crippen LogP contribution >= 0.6 is 0 Å². The van der Waals surface area contributed by atoms with E-state index < -0.39 is 0 Å². The second-order valence-electron chi connectivity index (χ2n) is 2.74. The molecular weight excluding hydrogens is 156 g/mol. The van der Waals surface area contributed by atoms with E-state index in [0.29, 0.717) is 11.8 Å². The Morgan fingerprint density at radius 2 is 2.50 bits per heavy atom. The molecule has 2 rings (SSSR count). The normalized spacial score (nSPS) is 16.9. The van der Waals surface area contributed by atoms with E-state index in [9.17, 15) is 0 Å². The zero-order valence-electron chi connectivity index (χ0n) is 6.45. The van der Waals surface area contributed by atoms with Crippen molar-refractivity contribution < 1.29 is 4.52 Å². The van der Waals surface area contributed by atoms with Crippen molar-refractivity contribution in [3.63, 3.8) is 0 Å². The molecule has 1 aliphatic rings. The topological polar surface area (TPSA) is 74.7 Å². The smallest absolute Gasteiger partial charge is 0.240 e. The second kappa shape index (κ2) is 2.91. The van der Waals surface area contributed by atoms with Crippen molar-refractivity contribution in [3.05, 3.63) is 11.7 Å². The summed E-state index contributed by atoms with van der Waals surface area (Å²) in [6.07, 6.45) is 0.202. The van der Waals surface area contributed by atoms with E-state index in [1.165, 1.54) is 0 Å². The van der Waals surface area contributed by atoms with Crippen molar-refractivity contribution in [1.29, 1.82) is 5.26 Å². The maximum absolute atomic E-state index is 8.35. The van der Waals surface area contributed by atoms with Crippen LogP contribution in [0.2, 0.25) is 0 Å². The van der Waals surface area contributed by atoms with Gasteiger partial charge in [-0.25, -0.2) is 0 Å². The second-order valence-corrected chi connectivity index (χ2v) is 2.74. The van der Waals surface area contributed by atoms with Crippen molar-refractivity contribution in [2.45, 2.75) is 12.3 Å². The monoisotopic (exact) mass is 164 g/mol. The molecule has 1 aliphatic heterocycles. The molecule has 1 aromatic heterocycles. The fourth-order valence-corrected chi connectivity index (χ4v) is 1.04. The average Bonchev–Trinajstić information content (AvgIpc) is 2.34. The molecule has 2 heterocycles. The Hall–Kier alpha value is -1.41. The minimum atomic E-state index is 0.202. The molecule has 5 nitrogen and oxygen atoms in total. The Morgan fingerprint density at radius 3 is 3.08 bits per heavy atom. The molecule has 0 saturated carbocycles. The van der Waals surface area contributed by atoms with Gasteiger partial charge in [-0.15, -0.1) is 0 Å². The average molecular weight is 164 g/mol. The van der Waals surface area contributed by atoms with Gasteiger partial charge in [0.1, 0.15) is 6.42 Å². The standard InChI is InChI=1S/C7H8N4O/c8-2-1-6-10-7(11-12-6)5-3-9-4-5/h5,9H,1,3-4H2. The summed E-state index contributed by atoms with van der Waals surface area (Å²) in [5, 5.41) is 15.2. The lowest BCUT2D eigenvalue weighted by molar-refractivity contribution is 0.361. The zero-order valence-corrected chi connectivity index (χ0v) is 6.45. The summed E-state index contributed by atoms with van der Waals surface area (Å²) in [5.74, 6) is 1.51. The number of hydrogen-bond acceptors (Lipinski definition) is 5. The van der Waals surface area contributed by atoms with Crippen LogP contribution in [0.25, 0.3) is 0 Å². The highest BCUT2D eigenvalue weighted by molar-refractivity contribution is 5.03. The Labute approximate surface area is 69.4 Å². The summed E-state index contributed by atoms with van der Waals surface area (Å²) in [5.41, 5.74) is 0. The molecule has 0 aromatic carbocycles. The van der Waals surface area contributed by atoms with E-state index >= 15 is 0 Å². The quantitative estimate of drug-likeness (QED) is 0.656. The third-order valence-corrected chi connectivity index (χ3v) is 1.86. The predicted octanol–water partition coefficient (Wildman–Crippen LogP) is -0.178. The summed E-state index contributed by atoms with van der Waals surface area (Å²) < 4.78 is 4.85. The van der Waals surface area contributed by atoms with Gasteiger partial charge in [0.15, 0.2) is 5.82 Å². The molecule has 1 N–H and O–H groups in total. The first-order valence-corrected chi connectivity index (χ1v) is 3.80. The van der Waals surface area contributed by atoms with Crippen LogP contribution in [0.5, 0.6) is 0 Å². The van der Waals surface area contributed by atoms with Crippen molar-refractivity contribution in [2.24, 2.45) is 0 Å². The van der Waals surface area contributed by atoms with Gasteiger partial charge in [0.25, 0.3) is 0 Å². The molecule has 0 radical (unpaired) electrons. The molecule has 0 bridgehead atoms. The van der Waals surface area contributed by atoms with Crippen molar-refractivity contribution in [3.8, 4) is 6.07 Å². The molecule has 12 heavy (non-hydrogen) atoms. The van der Waals surface area contributed by atoms with Crippen LogP contribution < -0.4 is 5.32 Å². The third-order valence-electron chi connectivity index (χ3n) is 1.86. The highest BCUT2D eigenvalue weighted by Gasteiger charge is 2.23. The number of nitrogens with one attached hydrogen (secondary N) is 1. The molecule has 0 spiro atoms. The number of hydrogen-bond donors (Lipinski definition) is 1. The lowest BCUT2D eigenvalue weighted by Crippen LogP contribution is -2.40. The van der Waals surface area contributed by atoms with Gasteiger partial charge in [-0.2, -0.15) is 10.2 Å². The van der Waals surface area contributed by atoms with E-state index in [1.54, 1.807) is 0 Å². The Morgan fingerprint density at radius 1 is 1.67 bits per heavy atom. The van der Waals surface area contributed by atoms with Gasteiger partial charge in [0.2, 0.25) is 5.89 Å². The van der Waals surface area contributed by atoms with Crippen LogP contribution in [0.3, 0.4) is 0 Å². The molecule has 1 aromatic rings. The first kappa shape index (κ1) is 7.25. The first-order chi connectivity index (χ1) is 5.90. The fraction of sp³-hybridized carbons (Fsp3) is 0.571. The van der Waals surface area contributed by atoms with Crippen LogP contribution in [0.1, 0.15) is 17.6 Å². The minimum Gasteiger partial charge on any atom is -0.338 e. The van der Waals surface area contributed by atoms with Crippen LogP contribution in [-0.2, 0) is 6.42 Å². The number of nitrogens with zero attached hydrogens (tertiary/aromatic N) is 3. The number of aromatic nitrogens is 2.